The lowest BCUT2D eigenvalue weighted by Crippen LogP contribution is -2.20. The average Bonchev–Trinajstić information content (AvgIpc) is 3.10. The lowest BCUT2D eigenvalue weighted by Gasteiger charge is -2.01. The first-order valence-electron chi connectivity index (χ1n) is 7.11. The Balaban J connectivity index is 1.75. The third-order valence-electron chi connectivity index (χ3n) is 3.22. The van der Waals surface area contributed by atoms with Gasteiger partial charge in [-0.15, -0.1) is 11.3 Å². The molecule has 0 atom stereocenters. The van der Waals surface area contributed by atoms with Crippen molar-refractivity contribution in [2.24, 2.45) is 5.10 Å². The van der Waals surface area contributed by atoms with Crippen LogP contribution in [-0.2, 0) is 0 Å². The van der Waals surface area contributed by atoms with Crippen molar-refractivity contribution in [3.8, 4) is 10.4 Å². The number of aromatic nitrogens is 2. The third kappa shape index (κ3) is 3.74. The highest BCUT2D eigenvalue weighted by molar-refractivity contribution is 9.10. The number of nitrogens with one attached hydrogen (secondary N) is 1. The number of rotatable bonds is 4. The minimum absolute atomic E-state index is 0.231. The maximum atomic E-state index is 11.9. The molecule has 0 saturated carbocycles. The van der Waals surface area contributed by atoms with Gasteiger partial charge in [-0.3, -0.25) is 9.78 Å². The minimum atomic E-state index is -0.384. The van der Waals surface area contributed by atoms with E-state index in [1.807, 2.05) is 37.3 Å². The number of halogens is 1. The van der Waals surface area contributed by atoms with Gasteiger partial charge in [0.25, 0.3) is 5.91 Å². The molecule has 2 heterocycles. The Kier molecular flexibility index (Phi) is 5.12. The summed E-state index contributed by atoms with van der Waals surface area (Å²) in [6.07, 6.45) is 4.38. The van der Waals surface area contributed by atoms with Crippen molar-refractivity contribution in [3.05, 3.63) is 70.0 Å². The Labute approximate surface area is 151 Å². The molecule has 24 heavy (non-hydrogen) atoms. The number of carbonyl (C=O) groups excluding carboxylic acids is 1. The van der Waals surface area contributed by atoms with E-state index in [0.717, 1.165) is 25.5 Å². The number of hydrazone groups is 1. The molecule has 0 saturated heterocycles. The average molecular weight is 401 g/mol. The van der Waals surface area contributed by atoms with Gasteiger partial charge in [-0.1, -0.05) is 34.1 Å². The van der Waals surface area contributed by atoms with E-state index in [4.69, 9.17) is 0 Å². The number of amides is 1. The van der Waals surface area contributed by atoms with Crippen molar-refractivity contribution < 1.29 is 4.79 Å². The fourth-order valence-electron chi connectivity index (χ4n) is 2.00. The molecule has 120 valence electrons. The maximum absolute atomic E-state index is 11.9. The van der Waals surface area contributed by atoms with Gasteiger partial charge in [-0.25, -0.2) is 10.4 Å². The van der Waals surface area contributed by atoms with Gasteiger partial charge < -0.3 is 0 Å². The SMILES string of the molecule is C/C(=N\NC(=O)c1cnccn1)c1ccc(-c2ccccc2Br)s1. The molecular formula is C17H13BrN4OS. The Bertz CT molecular complexity index is 892. The molecule has 0 unspecified atom stereocenters. The van der Waals surface area contributed by atoms with Crippen LogP contribution in [-0.4, -0.2) is 21.6 Å². The van der Waals surface area contributed by atoms with E-state index in [0.29, 0.717) is 0 Å². The van der Waals surface area contributed by atoms with Gasteiger partial charge in [0, 0.05) is 27.3 Å². The highest BCUT2D eigenvalue weighted by Gasteiger charge is 2.09. The Morgan fingerprint density at radius 2 is 2.04 bits per heavy atom. The van der Waals surface area contributed by atoms with Crippen molar-refractivity contribution in [1.29, 1.82) is 0 Å². The summed E-state index contributed by atoms with van der Waals surface area (Å²) in [5.41, 5.74) is 4.59. The van der Waals surface area contributed by atoms with Crippen LogP contribution in [0.4, 0.5) is 0 Å². The molecule has 0 spiro atoms. The molecule has 0 fully saturated rings. The number of carbonyl (C=O) groups is 1. The summed E-state index contributed by atoms with van der Waals surface area (Å²) in [7, 11) is 0. The third-order valence-corrected chi connectivity index (χ3v) is 5.14. The molecular weight excluding hydrogens is 388 g/mol. The lowest BCUT2D eigenvalue weighted by atomic mass is 10.2. The molecule has 7 heteroatoms. The van der Waals surface area contributed by atoms with Gasteiger partial charge in [0.2, 0.25) is 0 Å². The van der Waals surface area contributed by atoms with Crippen LogP contribution >= 0.6 is 27.3 Å². The molecule has 0 aliphatic heterocycles. The summed E-state index contributed by atoms with van der Waals surface area (Å²) < 4.78 is 1.05. The number of thiophene rings is 1. The van der Waals surface area contributed by atoms with Gasteiger partial charge in [0.05, 0.1) is 16.8 Å². The standard InChI is InChI=1S/C17H13BrN4OS/c1-11(21-22-17(23)14-10-19-8-9-20-14)15-6-7-16(24-15)12-4-2-3-5-13(12)18/h2-10H,1H3,(H,22,23)/b21-11+. The van der Waals surface area contributed by atoms with E-state index in [1.165, 1.54) is 18.6 Å². The predicted octanol–water partition coefficient (Wildman–Crippen LogP) is 4.12. The summed E-state index contributed by atoms with van der Waals surface area (Å²) in [4.78, 5) is 21.8. The highest BCUT2D eigenvalue weighted by Crippen LogP contribution is 2.33. The first kappa shape index (κ1) is 16.5. The minimum Gasteiger partial charge on any atom is -0.265 e. The summed E-state index contributed by atoms with van der Waals surface area (Å²) in [6.45, 7) is 1.85. The zero-order valence-electron chi connectivity index (χ0n) is 12.7. The molecule has 3 aromatic rings. The molecule has 2 aromatic heterocycles. The Morgan fingerprint density at radius 3 is 2.79 bits per heavy atom. The van der Waals surface area contributed by atoms with E-state index < -0.39 is 0 Å². The summed E-state index contributed by atoms with van der Waals surface area (Å²) >= 11 is 5.18. The van der Waals surface area contributed by atoms with Crippen LogP contribution in [0.25, 0.3) is 10.4 Å². The van der Waals surface area contributed by atoms with E-state index in [9.17, 15) is 4.79 Å². The van der Waals surface area contributed by atoms with Gasteiger partial charge in [-0.2, -0.15) is 5.10 Å². The normalized spacial score (nSPS) is 11.3. The topological polar surface area (TPSA) is 67.2 Å². The molecule has 0 bridgehead atoms. The first-order valence-corrected chi connectivity index (χ1v) is 8.72. The number of hydrogen-bond donors (Lipinski definition) is 1. The zero-order valence-corrected chi connectivity index (χ0v) is 15.1. The molecule has 1 aromatic carbocycles. The van der Waals surface area contributed by atoms with Crippen molar-refractivity contribution in [2.75, 3.05) is 0 Å². The highest BCUT2D eigenvalue weighted by atomic mass is 79.9. The monoisotopic (exact) mass is 400 g/mol. The quantitative estimate of drug-likeness (QED) is 0.528. The second-order valence-electron chi connectivity index (χ2n) is 4.87. The second kappa shape index (κ2) is 7.46. The smallest absolute Gasteiger partial charge is 0.265 e. The Morgan fingerprint density at radius 1 is 1.21 bits per heavy atom. The molecule has 3 rings (SSSR count). The van der Waals surface area contributed by atoms with Crippen LogP contribution in [0, 0.1) is 0 Å². The molecule has 1 amide bonds. The van der Waals surface area contributed by atoms with Crippen LogP contribution < -0.4 is 5.43 Å². The van der Waals surface area contributed by atoms with Crippen molar-refractivity contribution in [1.82, 2.24) is 15.4 Å². The number of benzene rings is 1. The maximum Gasteiger partial charge on any atom is 0.291 e. The van der Waals surface area contributed by atoms with E-state index >= 15 is 0 Å². The number of nitrogens with zero attached hydrogens (tertiary/aromatic N) is 3. The van der Waals surface area contributed by atoms with Crippen molar-refractivity contribution in [2.45, 2.75) is 6.92 Å². The summed E-state index contributed by atoms with van der Waals surface area (Å²) in [5.74, 6) is -0.384. The molecule has 5 nitrogen and oxygen atoms in total. The van der Waals surface area contributed by atoms with Gasteiger partial charge in [0.1, 0.15) is 5.69 Å². The second-order valence-corrected chi connectivity index (χ2v) is 6.81. The van der Waals surface area contributed by atoms with Crippen LogP contribution in [0.3, 0.4) is 0 Å². The van der Waals surface area contributed by atoms with Crippen molar-refractivity contribution in [3.63, 3.8) is 0 Å². The van der Waals surface area contributed by atoms with Crippen LogP contribution in [0.1, 0.15) is 22.3 Å². The molecule has 0 radical (unpaired) electrons. The fraction of sp³-hybridized carbons (Fsp3) is 0.0588. The summed E-state index contributed by atoms with van der Waals surface area (Å²) in [5, 5.41) is 4.15. The molecule has 1 N–H and O–H groups in total. The fourth-order valence-corrected chi connectivity index (χ4v) is 3.62. The molecule has 0 aliphatic carbocycles. The van der Waals surface area contributed by atoms with E-state index in [-0.39, 0.29) is 11.6 Å². The first-order chi connectivity index (χ1) is 11.6. The van der Waals surface area contributed by atoms with Crippen LogP contribution in [0.5, 0.6) is 0 Å². The summed E-state index contributed by atoms with van der Waals surface area (Å²) in [6, 6.07) is 12.1. The van der Waals surface area contributed by atoms with Gasteiger partial charge in [0.15, 0.2) is 0 Å². The Hall–Kier alpha value is -2.38. The molecule has 0 aliphatic rings. The van der Waals surface area contributed by atoms with Crippen LogP contribution in [0.15, 0.2) is 64.6 Å². The van der Waals surface area contributed by atoms with Gasteiger partial charge >= 0.3 is 0 Å². The zero-order chi connectivity index (χ0) is 16.9. The van der Waals surface area contributed by atoms with Gasteiger partial charge in [-0.05, 0) is 25.1 Å². The van der Waals surface area contributed by atoms with Crippen molar-refractivity contribution >= 4 is 38.9 Å². The van der Waals surface area contributed by atoms with E-state index in [2.05, 4.69) is 42.5 Å². The van der Waals surface area contributed by atoms with E-state index in [1.54, 1.807) is 11.3 Å². The largest absolute Gasteiger partial charge is 0.291 e. The predicted molar refractivity (Wildman–Crippen MR) is 99.2 cm³/mol. The number of hydrogen-bond acceptors (Lipinski definition) is 5. The lowest BCUT2D eigenvalue weighted by molar-refractivity contribution is 0.0949. The van der Waals surface area contributed by atoms with Crippen LogP contribution in [0.2, 0.25) is 0 Å².